The number of quaternary nitrogens is 2. The Morgan fingerprint density at radius 1 is 0.935 bits per heavy atom. The molecule has 0 spiro atoms. The Morgan fingerprint density at radius 3 is 1.97 bits per heavy atom. The molecule has 8 nitrogen and oxygen atoms in total. The van der Waals surface area contributed by atoms with Crippen molar-refractivity contribution in [3.8, 4) is 0 Å². The third-order valence-electron chi connectivity index (χ3n) is 5.54. The van der Waals surface area contributed by atoms with E-state index in [0.717, 1.165) is 43.0 Å². The molecule has 1 fully saturated rings. The molecule has 8 heteroatoms. The number of benzene rings is 1. The molecule has 1 saturated heterocycles. The zero-order valence-electron chi connectivity index (χ0n) is 19.9. The summed E-state index contributed by atoms with van der Waals surface area (Å²) in [5, 5.41) is 5.93. The second-order valence-electron chi connectivity index (χ2n) is 9.72. The van der Waals surface area contributed by atoms with Crippen LogP contribution >= 0.6 is 0 Å². The molecule has 0 aliphatic carbocycles. The van der Waals surface area contributed by atoms with Crippen LogP contribution in [0.1, 0.15) is 31.9 Å². The first-order valence-electron chi connectivity index (χ1n) is 11.0. The highest BCUT2D eigenvalue weighted by Gasteiger charge is 2.28. The lowest BCUT2D eigenvalue weighted by Crippen LogP contribution is -3.28. The smallest absolute Gasteiger partial charge is 0.279 e. The topological polar surface area (TPSA) is 87.4 Å². The Bertz CT molecular complexity index is 775. The van der Waals surface area contributed by atoms with Crippen LogP contribution in [0.15, 0.2) is 18.2 Å². The van der Waals surface area contributed by atoms with Crippen LogP contribution in [-0.4, -0.2) is 81.0 Å². The van der Waals surface area contributed by atoms with Crippen LogP contribution in [0.25, 0.3) is 0 Å². The molecular formula is C23H39N5O3+2. The van der Waals surface area contributed by atoms with Crippen molar-refractivity contribution in [3.63, 3.8) is 0 Å². The Hall–Kier alpha value is -2.45. The van der Waals surface area contributed by atoms with Gasteiger partial charge in [-0.1, -0.05) is 18.2 Å². The summed E-state index contributed by atoms with van der Waals surface area (Å²) >= 11 is 0. The van der Waals surface area contributed by atoms with Gasteiger partial charge < -0.3 is 25.3 Å². The number of carbonyl (C=O) groups is 3. The largest absolute Gasteiger partial charge is 0.350 e. The van der Waals surface area contributed by atoms with E-state index in [9.17, 15) is 14.4 Å². The van der Waals surface area contributed by atoms with E-state index in [1.807, 2.05) is 52.8 Å². The molecule has 0 saturated carbocycles. The Balaban J connectivity index is 1.74. The fraction of sp³-hybridized carbons (Fsp3) is 0.609. The number of likely N-dealkylation sites (N-methyl/N-ethyl adjacent to an activating group) is 1. The van der Waals surface area contributed by atoms with Crippen molar-refractivity contribution in [1.29, 1.82) is 0 Å². The molecule has 0 unspecified atom stereocenters. The average Bonchev–Trinajstić information content (AvgIpc) is 2.64. The van der Waals surface area contributed by atoms with Gasteiger partial charge in [0.2, 0.25) is 5.91 Å². The summed E-state index contributed by atoms with van der Waals surface area (Å²) in [6, 6.07) is 5.99. The predicted molar refractivity (Wildman–Crippen MR) is 121 cm³/mol. The number of nitrogens with zero attached hydrogens (tertiary/aromatic N) is 1. The monoisotopic (exact) mass is 433 g/mol. The summed E-state index contributed by atoms with van der Waals surface area (Å²) < 4.78 is 0. The molecule has 1 aliphatic heterocycles. The van der Waals surface area contributed by atoms with Gasteiger partial charge in [0.15, 0.2) is 13.1 Å². The summed E-state index contributed by atoms with van der Waals surface area (Å²) in [7, 11) is 1.67. The van der Waals surface area contributed by atoms with Gasteiger partial charge in [-0.2, -0.15) is 0 Å². The van der Waals surface area contributed by atoms with Crippen molar-refractivity contribution < 1.29 is 24.2 Å². The summed E-state index contributed by atoms with van der Waals surface area (Å²) in [4.78, 5) is 40.9. The van der Waals surface area contributed by atoms with E-state index in [-0.39, 0.29) is 29.8 Å². The molecule has 172 valence electrons. The molecular weight excluding hydrogens is 394 g/mol. The summed E-state index contributed by atoms with van der Waals surface area (Å²) in [5.41, 5.74) is 2.73. The van der Waals surface area contributed by atoms with Crippen molar-refractivity contribution in [2.45, 2.75) is 40.2 Å². The van der Waals surface area contributed by atoms with E-state index in [4.69, 9.17) is 0 Å². The number of amides is 3. The van der Waals surface area contributed by atoms with Gasteiger partial charge in [0.05, 0.1) is 6.54 Å². The van der Waals surface area contributed by atoms with Crippen LogP contribution in [0.2, 0.25) is 0 Å². The number of aryl methyl sites for hydroxylation is 2. The minimum absolute atomic E-state index is 0.0246. The first-order valence-corrected chi connectivity index (χ1v) is 11.0. The Morgan fingerprint density at radius 2 is 1.45 bits per heavy atom. The lowest BCUT2D eigenvalue weighted by Gasteiger charge is -2.30. The van der Waals surface area contributed by atoms with Gasteiger partial charge in [-0.05, 0) is 45.7 Å². The molecule has 31 heavy (non-hydrogen) atoms. The molecule has 0 atom stereocenters. The minimum Gasteiger partial charge on any atom is -0.350 e. The molecule has 0 aromatic heterocycles. The van der Waals surface area contributed by atoms with Crippen LogP contribution in [0.4, 0.5) is 5.69 Å². The lowest BCUT2D eigenvalue weighted by molar-refractivity contribution is -1.00. The molecule has 1 aromatic rings. The van der Waals surface area contributed by atoms with Gasteiger partial charge in [-0.3, -0.25) is 14.4 Å². The van der Waals surface area contributed by atoms with Crippen LogP contribution in [-0.2, 0) is 14.4 Å². The summed E-state index contributed by atoms with van der Waals surface area (Å²) in [6.45, 7) is 14.0. The number of anilines is 1. The second kappa shape index (κ2) is 10.7. The highest BCUT2D eigenvalue weighted by atomic mass is 16.2. The fourth-order valence-corrected chi connectivity index (χ4v) is 3.84. The molecule has 1 heterocycles. The van der Waals surface area contributed by atoms with Gasteiger partial charge in [0, 0.05) is 18.3 Å². The van der Waals surface area contributed by atoms with Crippen LogP contribution in [0, 0.1) is 13.8 Å². The highest BCUT2D eigenvalue weighted by Crippen LogP contribution is 2.18. The number of para-hydroxylation sites is 1. The summed E-state index contributed by atoms with van der Waals surface area (Å²) in [5.74, 6) is -0.158. The normalized spacial score (nSPS) is 18.9. The maximum atomic E-state index is 12.5. The lowest BCUT2D eigenvalue weighted by atomic mass is 10.1. The van der Waals surface area contributed by atoms with Gasteiger partial charge in [0.25, 0.3) is 11.8 Å². The Kier molecular flexibility index (Phi) is 8.59. The predicted octanol–water partition coefficient (Wildman–Crippen LogP) is -1.60. The van der Waals surface area contributed by atoms with E-state index in [2.05, 4.69) is 10.6 Å². The van der Waals surface area contributed by atoms with Crippen molar-refractivity contribution in [2.75, 3.05) is 58.2 Å². The zero-order chi connectivity index (χ0) is 23.2. The number of hydrogen-bond donors (Lipinski definition) is 4. The van der Waals surface area contributed by atoms with E-state index in [1.165, 1.54) is 14.7 Å². The van der Waals surface area contributed by atoms with E-state index < -0.39 is 0 Å². The third kappa shape index (κ3) is 8.30. The highest BCUT2D eigenvalue weighted by molar-refractivity contribution is 5.93. The molecule has 2 rings (SSSR count). The molecule has 1 aromatic carbocycles. The number of piperazine rings is 1. The van der Waals surface area contributed by atoms with Gasteiger partial charge in [-0.15, -0.1) is 0 Å². The first-order chi connectivity index (χ1) is 14.4. The molecule has 4 N–H and O–H groups in total. The van der Waals surface area contributed by atoms with Gasteiger partial charge in [0.1, 0.15) is 26.2 Å². The molecule has 3 amide bonds. The molecule has 1 aliphatic rings. The fourth-order valence-electron chi connectivity index (χ4n) is 3.84. The van der Waals surface area contributed by atoms with Crippen molar-refractivity contribution >= 4 is 23.4 Å². The number of rotatable bonds is 7. The van der Waals surface area contributed by atoms with E-state index in [1.54, 1.807) is 7.05 Å². The van der Waals surface area contributed by atoms with Crippen LogP contribution in [0.5, 0.6) is 0 Å². The van der Waals surface area contributed by atoms with Crippen molar-refractivity contribution in [1.82, 2.24) is 10.2 Å². The maximum absolute atomic E-state index is 12.5. The molecule has 0 bridgehead atoms. The Labute approximate surface area is 185 Å². The zero-order valence-corrected chi connectivity index (χ0v) is 19.9. The number of carbonyl (C=O) groups excluding carboxylic acids is 3. The third-order valence-corrected chi connectivity index (χ3v) is 5.54. The average molecular weight is 434 g/mol. The van der Waals surface area contributed by atoms with Crippen molar-refractivity contribution in [2.24, 2.45) is 0 Å². The molecule has 0 radical (unpaired) electrons. The number of nitrogens with one attached hydrogen (secondary N) is 4. The van der Waals surface area contributed by atoms with Crippen molar-refractivity contribution in [3.05, 3.63) is 29.3 Å². The van der Waals surface area contributed by atoms with E-state index in [0.29, 0.717) is 13.1 Å². The number of hydrogen-bond acceptors (Lipinski definition) is 3. The second-order valence-corrected chi connectivity index (χ2v) is 9.72. The van der Waals surface area contributed by atoms with Crippen LogP contribution in [0.3, 0.4) is 0 Å². The van der Waals surface area contributed by atoms with Gasteiger partial charge >= 0.3 is 0 Å². The maximum Gasteiger partial charge on any atom is 0.279 e. The first kappa shape index (κ1) is 24.8. The quantitative estimate of drug-likeness (QED) is 0.418. The summed E-state index contributed by atoms with van der Waals surface area (Å²) in [6.07, 6.45) is 0. The SMILES string of the molecule is Cc1cccc(C)c1NC(=O)C[NH+]1CC[NH+](CC(=O)N(C)CC(=O)NC(C)(C)C)CC1. The minimum atomic E-state index is -0.310. The standard InChI is InChI=1S/C23H37N5O3/c1-17-8-7-9-18(2)22(17)24-19(29)15-27-10-12-28(13-11-27)16-21(31)26(6)14-20(30)25-23(3,4)5/h7-9H,10-16H2,1-6H3,(H,24,29)(H,25,30)/p+2. The van der Waals surface area contributed by atoms with E-state index >= 15 is 0 Å². The van der Waals surface area contributed by atoms with Gasteiger partial charge in [-0.25, -0.2) is 0 Å². The van der Waals surface area contributed by atoms with Crippen LogP contribution < -0.4 is 20.4 Å².